The van der Waals surface area contributed by atoms with E-state index in [0.29, 0.717) is 15.3 Å². The number of hydrogen-bond donors (Lipinski definition) is 0. The fourth-order valence-corrected chi connectivity index (χ4v) is 4.28. The Morgan fingerprint density at radius 2 is 2.05 bits per heavy atom. The Labute approximate surface area is 134 Å². The van der Waals surface area contributed by atoms with Gasteiger partial charge in [-0.25, -0.2) is 0 Å². The van der Waals surface area contributed by atoms with E-state index in [2.05, 4.69) is 0 Å². The minimum atomic E-state index is 0.0443. The second-order valence-corrected chi connectivity index (χ2v) is 6.91. The maximum Gasteiger partial charge on any atom is 0.266 e. The Bertz CT molecular complexity index is 606. The van der Waals surface area contributed by atoms with Crippen LogP contribution in [0.25, 0.3) is 6.08 Å². The highest BCUT2D eigenvalue weighted by Gasteiger charge is 2.38. The molecule has 1 aliphatic heterocycles. The molecule has 1 saturated carbocycles. The van der Waals surface area contributed by atoms with Gasteiger partial charge < -0.3 is 4.74 Å². The third-order valence-corrected chi connectivity index (χ3v) is 5.27. The lowest BCUT2D eigenvalue weighted by atomic mass is 10.1. The SMILES string of the molecule is COc1ccccc1C=C1SC(=S)N(C2CCCC2)C1=O. The van der Waals surface area contributed by atoms with Crippen LogP contribution in [-0.2, 0) is 4.79 Å². The molecule has 110 valence electrons. The zero-order valence-electron chi connectivity index (χ0n) is 11.9. The number of para-hydroxylation sites is 1. The lowest BCUT2D eigenvalue weighted by Gasteiger charge is -2.21. The van der Waals surface area contributed by atoms with Crippen LogP contribution in [0.4, 0.5) is 0 Å². The van der Waals surface area contributed by atoms with Gasteiger partial charge in [-0.15, -0.1) is 0 Å². The maximum absolute atomic E-state index is 12.6. The van der Waals surface area contributed by atoms with Gasteiger partial charge in [-0.1, -0.05) is 55.0 Å². The number of rotatable bonds is 3. The summed E-state index contributed by atoms with van der Waals surface area (Å²) in [6.45, 7) is 0. The third-order valence-electron chi connectivity index (χ3n) is 3.94. The lowest BCUT2D eigenvalue weighted by molar-refractivity contribution is -0.123. The minimum Gasteiger partial charge on any atom is -0.496 e. The average Bonchev–Trinajstić information content (AvgIpc) is 3.09. The van der Waals surface area contributed by atoms with E-state index in [-0.39, 0.29) is 5.91 Å². The van der Waals surface area contributed by atoms with Crippen molar-refractivity contribution in [1.82, 2.24) is 4.90 Å². The molecule has 21 heavy (non-hydrogen) atoms. The number of carbonyl (C=O) groups excluding carboxylic acids is 1. The van der Waals surface area contributed by atoms with Crippen LogP contribution < -0.4 is 4.74 Å². The van der Waals surface area contributed by atoms with E-state index < -0.39 is 0 Å². The number of thioether (sulfide) groups is 1. The van der Waals surface area contributed by atoms with Crippen molar-refractivity contribution in [3.05, 3.63) is 34.7 Å². The lowest BCUT2D eigenvalue weighted by Crippen LogP contribution is -2.36. The summed E-state index contributed by atoms with van der Waals surface area (Å²) in [4.78, 5) is 15.1. The third kappa shape index (κ3) is 2.85. The van der Waals surface area contributed by atoms with E-state index in [1.54, 1.807) is 7.11 Å². The van der Waals surface area contributed by atoms with Gasteiger partial charge in [0.1, 0.15) is 10.1 Å². The standard InChI is InChI=1S/C16H17NO2S2/c1-19-13-9-5-2-6-11(13)10-14-15(18)17(16(20)21-14)12-7-3-4-8-12/h2,5-6,9-10,12H,3-4,7-8H2,1H3. The molecule has 1 saturated heterocycles. The first-order valence-corrected chi connectivity index (χ1v) is 8.33. The molecule has 0 radical (unpaired) electrons. The summed E-state index contributed by atoms with van der Waals surface area (Å²) in [7, 11) is 1.64. The van der Waals surface area contributed by atoms with Crippen molar-refractivity contribution in [1.29, 1.82) is 0 Å². The van der Waals surface area contributed by atoms with Gasteiger partial charge in [0.05, 0.1) is 12.0 Å². The second-order valence-electron chi connectivity index (χ2n) is 5.23. The van der Waals surface area contributed by atoms with Crippen LogP contribution in [0.5, 0.6) is 5.75 Å². The molecule has 3 nitrogen and oxygen atoms in total. The van der Waals surface area contributed by atoms with Crippen LogP contribution in [-0.4, -0.2) is 28.3 Å². The molecule has 1 aliphatic carbocycles. The monoisotopic (exact) mass is 319 g/mol. The molecular formula is C16H17NO2S2. The van der Waals surface area contributed by atoms with E-state index in [1.165, 1.54) is 24.6 Å². The number of hydrogen-bond acceptors (Lipinski definition) is 4. The van der Waals surface area contributed by atoms with E-state index >= 15 is 0 Å². The van der Waals surface area contributed by atoms with E-state index in [0.717, 1.165) is 24.2 Å². The first-order valence-electron chi connectivity index (χ1n) is 7.11. The summed E-state index contributed by atoms with van der Waals surface area (Å²) in [5.41, 5.74) is 0.909. The number of benzene rings is 1. The fraction of sp³-hybridized carbons (Fsp3) is 0.375. The van der Waals surface area contributed by atoms with Crippen molar-refractivity contribution in [2.75, 3.05) is 7.11 Å². The molecule has 0 spiro atoms. The molecule has 2 aliphatic rings. The number of carbonyl (C=O) groups is 1. The summed E-state index contributed by atoms with van der Waals surface area (Å²) in [5, 5.41) is 0. The van der Waals surface area contributed by atoms with Crippen LogP contribution in [0, 0.1) is 0 Å². The molecule has 3 rings (SSSR count). The highest BCUT2D eigenvalue weighted by molar-refractivity contribution is 8.26. The minimum absolute atomic E-state index is 0.0443. The number of methoxy groups -OCH3 is 1. The van der Waals surface area contributed by atoms with Crippen LogP contribution in [0.1, 0.15) is 31.2 Å². The predicted molar refractivity (Wildman–Crippen MR) is 90.3 cm³/mol. The first-order chi connectivity index (χ1) is 10.2. The van der Waals surface area contributed by atoms with Gasteiger partial charge in [-0.05, 0) is 25.0 Å². The quantitative estimate of drug-likeness (QED) is 0.625. The second kappa shape index (κ2) is 6.20. The molecule has 0 bridgehead atoms. The van der Waals surface area contributed by atoms with Crippen molar-refractivity contribution in [2.45, 2.75) is 31.7 Å². The van der Waals surface area contributed by atoms with E-state index in [1.807, 2.05) is 35.2 Å². The van der Waals surface area contributed by atoms with Gasteiger partial charge in [0.25, 0.3) is 5.91 Å². The Morgan fingerprint density at radius 3 is 2.76 bits per heavy atom. The van der Waals surface area contributed by atoms with Gasteiger partial charge in [-0.3, -0.25) is 9.69 Å². The average molecular weight is 319 g/mol. The van der Waals surface area contributed by atoms with Gasteiger partial charge in [-0.2, -0.15) is 0 Å². The Morgan fingerprint density at radius 1 is 1.33 bits per heavy atom. The maximum atomic E-state index is 12.6. The molecular weight excluding hydrogens is 302 g/mol. The smallest absolute Gasteiger partial charge is 0.266 e. The summed E-state index contributed by atoms with van der Waals surface area (Å²) in [5.74, 6) is 0.812. The molecule has 1 amide bonds. The molecule has 0 N–H and O–H groups in total. The van der Waals surface area contributed by atoms with E-state index in [4.69, 9.17) is 17.0 Å². The van der Waals surface area contributed by atoms with Crippen molar-refractivity contribution in [2.24, 2.45) is 0 Å². The molecule has 1 aromatic carbocycles. The van der Waals surface area contributed by atoms with E-state index in [9.17, 15) is 4.79 Å². The van der Waals surface area contributed by atoms with Gasteiger partial charge in [0, 0.05) is 11.6 Å². The number of thiocarbonyl (C=S) groups is 1. The fourth-order valence-electron chi connectivity index (χ4n) is 2.88. The van der Waals surface area contributed by atoms with Gasteiger partial charge in [0.15, 0.2) is 0 Å². The summed E-state index contributed by atoms with van der Waals surface area (Å²) >= 11 is 6.80. The molecule has 1 heterocycles. The van der Waals surface area contributed by atoms with Crippen LogP contribution in [0.15, 0.2) is 29.2 Å². The molecule has 0 aromatic heterocycles. The van der Waals surface area contributed by atoms with Crippen molar-refractivity contribution in [3.8, 4) is 5.75 Å². The predicted octanol–water partition coefficient (Wildman–Crippen LogP) is 3.84. The topological polar surface area (TPSA) is 29.5 Å². The van der Waals surface area contributed by atoms with Crippen molar-refractivity contribution in [3.63, 3.8) is 0 Å². The summed E-state index contributed by atoms with van der Waals surface area (Å²) < 4.78 is 6.02. The molecule has 0 atom stereocenters. The first kappa shape index (κ1) is 14.6. The zero-order valence-corrected chi connectivity index (χ0v) is 13.5. The number of amides is 1. The number of ether oxygens (including phenoxy) is 1. The Hall–Kier alpha value is -1.33. The summed E-state index contributed by atoms with van der Waals surface area (Å²) in [6.07, 6.45) is 6.39. The summed E-state index contributed by atoms with van der Waals surface area (Å²) in [6, 6.07) is 7.98. The van der Waals surface area contributed by atoms with Crippen LogP contribution in [0.3, 0.4) is 0 Å². The highest BCUT2D eigenvalue weighted by atomic mass is 32.2. The number of nitrogens with zero attached hydrogens (tertiary/aromatic N) is 1. The van der Waals surface area contributed by atoms with Crippen molar-refractivity contribution < 1.29 is 9.53 Å². The van der Waals surface area contributed by atoms with Gasteiger partial charge >= 0.3 is 0 Å². The Kier molecular flexibility index (Phi) is 4.31. The molecule has 1 aromatic rings. The van der Waals surface area contributed by atoms with Gasteiger partial charge in [0.2, 0.25) is 0 Å². The zero-order chi connectivity index (χ0) is 14.8. The highest BCUT2D eigenvalue weighted by Crippen LogP contribution is 2.38. The Balaban J connectivity index is 1.88. The largest absolute Gasteiger partial charge is 0.496 e. The van der Waals surface area contributed by atoms with Crippen molar-refractivity contribution >= 4 is 40.3 Å². The normalized spacial score (nSPS) is 21.6. The van der Waals surface area contributed by atoms with Crippen LogP contribution >= 0.6 is 24.0 Å². The van der Waals surface area contributed by atoms with Crippen LogP contribution in [0.2, 0.25) is 0 Å². The molecule has 0 unspecified atom stereocenters. The molecule has 2 fully saturated rings. The molecule has 5 heteroatoms.